The second kappa shape index (κ2) is 14.1. The van der Waals surface area contributed by atoms with Crippen LogP contribution in [-0.2, 0) is 46.4 Å². The van der Waals surface area contributed by atoms with Crippen molar-refractivity contribution in [2.45, 2.75) is 68.9 Å². The lowest BCUT2D eigenvalue weighted by molar-refractivity contribution is -0.156. The number of aliphatic hydroxyl groups is 2. The van der Waals surface area contributed by atoms with Gasteiger partial charge >= 0.3 is 5.92 Å². The van der Waals surface area contributed by atoms with Crippen LogP contribution >= 0.6 is 11.6 Å². The first-order chi connectivity index (χ1) is 28.4. The summed E-state index contributed by atoms with van der Waals surface area (Å²) in [6, 6.07) is 6.14. The van der Waals surface area contributed by atoms with Crippen molar-refractivity contribution >= 4 is 55.3 Å². The van der Waals surface area contributed by atoms with Gasteiger partial charge in [0.2, 0.25) is 21.8 Å². The Morgan fingerprint density at radius 3 is 2.38 bits per heavy atom. The van der Waals surface area contributed by atoms with Crippen molar-refractivity contribution in [1.82, 2.24) is 39.4 Å². The van der Waals surface area contributed by atoms with E-state index in [0.717, 1.165) is 23.0 Å². The maximum atomic E-state index is 15.7. The standard InChI is InChI=1S/C37H32ClF6N9O7S/c1-15(2)60-24-8-5-19-31(46-24)47-33(53(34(19)55)22-7-6-20(38)25-28(22)51(3)49-32(25)50-61(4,58)59)21(11-16-9-17(39)12-18(40)10-16)45-23(54)13-52-29-26(27(48-52)30(41)42)35(56)14-36(35,57)37(29,43)44/h5-10,12,15,21,30,56-57H,11,13-14H2,1-4H3,(H,45,54)(H,49,50)/t21-,35+,36+/m0/s1. The smallest absolute Gasteiger partial charge is 0.321 e. The molecule has 61 heavy (non-hydrogen) atoms. The number of benzene rings is 2. The maximum Gasteiger partial charge on any atom is 0.321 e. The van der Waals surface area contributed by atoms with Crippen LogP contribution in [0, 0.1) is 11.6 Å². The van der Waals surface area contributed by atoms with Crippen molar-refractivity contribution < 1.29 is 54.5 Å². The van der Waals surface area contributed by atoms with Gasteiger partial charge in [-0.1, -0.05) is 11.6 Å². The molecule has 4 N–H and O–H groups in total. The van der Waals surface area contributed by atoms with E-state index in [4.69, 9.17) is 16.3 Å². The Labute approximate surface area is 344 Å². The number of nitrogens with one attached hydrogen (secondary N) is 2. The van der Waals surface area contributed by atoms with E-state index in [2.05, 4.69) is 30.2 Å². The molecule has 4 heterocycles. The number of hydrogen-bond acceptors (Lipinski definition) is 11. The SMILES string of the molecule is CC(C)Oc1ccc2c(=O)n(-c3ccc(Cl)c4c(NS(C)(=O)=O)nn(C)c34)c([C@H](Cc3cc(F)cc(F)c3)NC(=O)Cn3nc(C(F)F)c4c3C(F)(F)[C@@]3(O)C[C@@]43O)nc2n1. The van der Waals surface area contributed by atoms with E-state index < -0.39 is 111 Å². The molecule has 1 amide bonds. The number of nitrogens with zero attached hydrogens (tertiary/aromatic N) is 7. The number of pyridine rings is 1. The lowest BCUT2D eigenvalue weighted by atomic mass is 10.0. The van der Waals surface area contributed by atoms with Crippen molar-refractivity contribution in [3.05, 3.63) is 97.8 Å². The van der Waals surface area contributed by atoms with Gasteiger partial charge in [0.1, 0.15) is 41.0 Å². The molecule has 6 aromatic rings. The fourth-order valence-electron chi connectivity index (χ4n) is 7.84. The first-order valence-electron chi connectivity index (χ1n) is 18.1. The number of rotatable bonds is 12. The first-order valence-corrected chi connectivity index (χ1v) is 20.4. The molecule has 322 valence electrons. The third-order valence-electron chi connectivity index (χ3n) is 10.3. The fourth-order valence-corrected chi connectivity index (χ4v) is 8.57. The Bertz CT molecular complexity index is 3000. The summed E-state index contributed by atoms with van der Waals surface area (Å²) in [5.74, 6) is -8.27. The largest absolute Gasteiger partial charge is 0.475 e. The van der Waals surface area contributed by atoms with Gasteiger partial charge in [0.15, 0.2) is 17.1 Å². The van der Waals surface area contributed by atoms with Gasteiger partial charge in [0.25, 0.3) is 12.0 Å². The number of sulfonamides is 1. The number of ether oxygens (including phenoxy) is 1. The summed E-state index contributed by atoms with van der Waals surface area (Å²) in [5, 5.41) is 31.5. The number of aryl methyl sites for hydroxylation is 1. The van der Waals surface area contributed by atoms with E-state index >= 15 is 8.78 Å². The number of aromatic nitrogens is 7. The van der Waals surface area contributed by atoms with Crippen molar-refractivity contribution in [2.75, 3.05) is 11.0 Å². The predicted octanol–water partition coefficient (Wildman–Crippen LogP) is 4.42. The normalized spacial score (nSPS) is 19.7. The zero-order valence-corrected chi connectivity index (χ0v) is 33.6. The van der Waals surface area contributed by atoms with Gasteiger partial charge in [-0.25, -0.2) is 31.0 Å². The summed E-state index contributed by atoms with van der Waals surface area (Å²) in [6.45, 7) is 2.18. The number of carbonyl (C=O) groups is 1. The summed E-state index contributed by atoms with van der Waals surface area (Å²) in [4.78, 5) is 37.8. The van der Waals surface area contributed by atoms with Gasteiger partial charge in [-0.05, 0) is 49.7 Å². The van der Waals surface area contributed by atoms with Crippen molar-refractivity contribution in [3.8, 4) is 11.6 Å². The Hall–Kier alpha value is -5.78. The van der Waals surface area contributed by atoms with Gasteiger partial charge < -0.3 is 20.3 Å². The number of alkyl halides is 4. The molecule has 2 aliphatic rings. The van der Waals surface area contributed by atoms with Crippen LogP contribution < -0.4 is 20.3 Å². The topological polar surface area (TPSA) is 208 Å². The fraction of sp³-hybridized carbons (Fsp3) is 0.351. The Morgan fingerprint density at radius 2 is 1.74 bits per heavy atom. The summed E-state index contributed by atoms with van der Waals surface area (Å²) < 4.78 is 124. The lowest BCUT2D eigenvalue weighted by Gasteiger charge is -2.24. The van der Waals surface area contributed by atoms with E-state index in [-0.39, 0.29) is 54.6 Å². The third-order valence-corrected chi connectivity index (χ3v) is 11.2. The Balaban J connectivity index is 1.34. The number of carbonyl (C=O) groups excluding carboxylic acids is 1. The quantitative estimate of drug-likeness (QED) is 0.127. The highest BCUT2D eigenvalue weighted by Gasteiger charge is 2.87. The average Bonchev–Trinajstić information content (AvgIpc) is 3.34. The van der Waals surface area contributed by atoms with Crippen LogP contribution in [0.15, 0.2) is 47.3 Å². The van der Waals surface area contributed by atoms with Crippen LogP contribution in [0.25, 0.3) is 27.6 Å². The van der Waals surface area contributed by atoms with E-state index in [1.165, 1.54) is 36.0 Å². The molecule has 4 aromatic heterocycles. The van der Waals surface area contributed by atoms with Gasteiger partial charge in [0, 0.05) is 37.6 Å². The van der Waals surface area contributed by atoms with Crippen molar-refractivity contribution in [3.63, 3.8) is 0 Å². The van der Waals surface area contributed by atoms with Crippen molar-refractivity contribution in [2.24, 2.45) is 7.05 Å². The number of halogens is 7. The number of amides is 1. The molecule has 0 saturated heterocycles. The van der Waals surface area contributed by atoms with Crippen LogP contribution in [-0.4, -0.2) is 76.6 Å². The molecule has 0 bridgehead atoms. The molecule has 1 saturated carbocycles. The maximum absolute atomic E-state index is 15.7. The highest BCUT2D eigenvalue weighted by atomic mass is 35.5. The molecule has 1 fully saturated rings. The van der Waals surface area contributed by atoms with E-state index in [9.17, 15) is 45.8 Å². The highest BCUT2D eigenvalue weighted by Crippen LogP contribution is 2.73. The van der Waals surface area contributed by atoms with Crippen LogP contribution in [0.5, 0.6) is 5.88 Å². The molecule has 16 nitrogen and oxygen atoms in total. The number of hydrogen-bond donors (Lipinski definition) is 4. The Kier molecular flexibility index (Phi) is 9.72. The molecular weight excluding hydrogens is 864 g/mol. The first kappa shape index (κ1) is 41.9. The van der Waals surface area contributed by atoms with Gasteiger partial charge in [-0.2, -0.15) is 24.0 Å². The van der Waals surface area contributed by atoms with E-state index in [1.807, 2.05) is 0 Å². The van der Waals surface area contributed by atoms with Crippen LogP contribution in [0.3, 0.4) is 0 Å². The van der Waals surface area contributed by atoms with Crippen LogP contribution in [0.4, 0.5) is 32.2 Å². The molecular formula is C37H32ClF6N9O7S. The molecule has 8 rings (SSSR count). The van der Waals surface area contributed by atoms with Crippen LogP contribution in [0.2, 0.25) is 5.02 Å². The van der Waals surface area contributed by atoms with E-state index in [0.29, 0.717) is 6.07 Å². The number of fused-ring (bicyclic) bond motifs is 5. The minimum Gasteiger partial charge on any atom is -0.475 e. The van der Waals surface area contributed by atoms with Gasteiger partial charge in [0.05, 0.1) is 45.4 Å². The van der Waals surface area contributed by atoms with Gasteiger partial charge in [-0.15, -0.1) is 0 Å². The third kappa shape index (κ3) is 6.82. The predicted molar refractivity (Wildman–Crippen MR) is 204 cm³/mol. The molecule has 0 spiro atoms. The van der Waals surface area contributed by atoms with Gasteiger partial charge in [-0.3, -0.25) is 28.2 Å². The summed E-state index contributed by atoms with van der Waals surface area (Å²) in [7, 11) is -2.54. The molecule has 3 atom stereocenters. The molecule has 24 heteroatoms. The van der Waals surface area contributed by atoms with E-state index in [1.54, 1.807) is 13.8 Å². The summed E-state index contributed by atoms with van der Waals surface area (Å²) in [6.07, 6.45) is -4.57. The summed E-state index contributed by atoms with van der Waals surface area (Å²) >= 11 is 6.57. The minimum absolute atomic E-state index is 0.0151. The highest BCUT2D eigenvalue weighted by molar-refractivity contribution is 7.92. The molecule has 2 aromatic carbocycles. The molecule has 2 aliphatic carbocycles. The summed E-state index contributed by atoms with van der Waals surface area (Å²) in [5.41, 5.74) is -10.8. The van der Waals surface area contributed by atoms with Crippen molar-refractivity contribution in [1.29, 1.82) is 0 Å². The second-order valence-electron chi connectivity index (χ2n) is 15.1. The molecule has 0 unspecified atom stereocenters. The molecule has 0 radical (unpaired) electrons. The minimum atomic E-state index is -4.34. The second-order valence-corrected chi connectivity index (χ2v) is 17.2. The zero-order chi connectivity index (χ0) is 44.3. The average molecular weight is 896 g/mol. The van der Waals surface area contributed by atoms with Crippen LogP contribution in [0.1, 0.15) is 61.1 Å². The Morgan fingerprint density at radius 1 is 1.05 bits per heavy atom. The molecule has 0 aliphatic heterocycles. The number of anilines is 1. The monoisotopic (exact) mass is 895 g/mol. The zero-order valence-electron chi connectivity index (χ0n) is 32.0. The lowest BCUT2D eigenvalue weighted by Crippen LogP contribution is -2.39.